The van der Waals surface area contributed by atoms with Crippen LogP contribution in [0.25, 0.3) is 22.3 Å². The maximum Gasteiger partial charge on any atom is 0.326 e. The van der Waals surface area contributed by atoms with Crippen LogP contribution in [0.15, 0.2) is 71.7 Å². The molecule has 2 aromatic carbocycles. The number of benzene rings is 2. The molecule has 0 aliphatic carbocycles. The van der Waals surface area contributed by atoms with E-state index in [1.807, 2.05) is 24.4 Å². The lowest BCUT2D eigenvalue weighted by molar-refractivity contribution is 0.180. The summed E-state index contributed by atoms with van der Waals surface area (Å²) >= 11 is 0. The molecule has 152 valence electrons. The summed E-state index contributed by atoms with van der Waals surface area (Å²) in [7, 11) is 0. The van der Waals surface area contributed by atoms with Crippen molar-refractivity contribution in [3.8, 4) is 11.3 Å². The molecule has 0 radical (unpaired) electrons. The normalized spacial score (nSPS) is 15.6. The topological polar surface area (TPSA) is 53.9 Å². The third-order valence-electron chi connectivity index (χ3n) is 5.90. The maximum absolute atomic E-state index is 13.5. The van der Waals surface area contributed by atoms with Gasteiger partial charge in [0.2, 0.25) is 0 Å². The number of nitrogens with zero attached hydrogens (tertiary/aromatic N) is 3. The highest BCUT2D eigenvalue weighted by atomic mass is 19.1. The molecule has 1 aliphatic rings. The summed E-state index contributed by atoms with van der Waals surface area (Å²) in [5, 5.41) is 0. The number of likely N-dealkylation sites (tertiary alicyclic amines) is 1. The van der Waals surface area contributed by atoms with Crippen LogP contribution in [0.4, 0.5) is 4.39 Å². The Morgan fingerprint density at radius 1 is 1.03 bits per heavy atom. The van der Waals surface area contributed by atoms with E-state index in [4.69, 9.17) is 0 Å². The molecule has 1 saturated heterocycles. The number of imidazole rings is 1. The third kappa shape index (κ3) is 3.66. The van der Waals surface area contributed by atoms with Crippen LogP contribution >= 0.6 is 0 Å². The molecule has 1 aliphatic heterocycles. The minimum atomic E-state index is -0.335. The lowest BCUT2D eigenvalue weighted by atomic mass is 10.0. The molecule has 0 bridgehead atoms. The van der Waals surface area contributed by atoms with E-state index in [1.165, 1.54) is 17.7 Å². The Kier molecular flexibility index (Phi) is 4.93. The van der Waals surface area contributed by atoms with Crippen LogP contribution in [0.2, 0.25) is 0 Å². The summed E-state index contributed by atoms with van der Waals surface area (Å²) in [6.07, 6.45) is 3.65. The lowest BCUT2D eigenvalue weighted by Gasteiger charge is -2.32. The number of hydrogen-bond donors (Lipinski definition) is 1. The fourth-order valence-electron chi connectivity index (χ4n) is 4.40. The minimum Gasteiger partial charge on any atom is -0.305 e. The monoisotopic (exact) mass is 402 g/mol. The zero-order valence-electron chi connectivity index (χ0n) is 16.6. The van der Waals surface area contributed by atoms with E-state index in [0.717, 1.165) is 49.2 Å². The first-order chi connectivity index (χ1) is 14.7. The second kappa shape index (κ2) is 7.88. The van der Waals surface area contributed by atoms with Gasteiger partial charge in [0.05, 0.1) is 16.7 Å². The van der Waals surface area contributed by atoms with Crippen LogP contribution in [0.1, 0.15) is 24.4 Å². The molecule has 0 atom stereocenters. The zero-order valence-corrected chi connectivity index (χ0v) is 16.6. The van der Waals surface area contributed by atoms with Crippen molar-refractivity contribution in [1.82, 2.24) is 19.4 Å². The highest BCUT2D eigenvalue weighted by Gasteiger charge is 2.23. The predicted octanol–water partition coefficient (Wildman–Crippen LogP) is 4.37. The second-order valence-electron chi connectivity index (χ2n) is 7.88. The van der Waals surface area contributed by atoms with E-state index in [-0.39, 0.29) is 17.5 Å². The van der Waals surface area contributed by atoms with Crippen molar-refractivity contribution in [1.29, 1.82) is 0 Å². The molecule has 0 saturated carbocycles. The number of aromatic amines is 1. The first-order valence-electron chi connectivity index (χ1n) is 10.3. The summed E-state index contributed by atoms with van der Waals surface area (Å²) in [5.41, 5.74) is 4.53. The van der Waals surface area contributed by atoms with Gasteiger partial charge >= 0.3 is 5.69 Å². The van der Waals surface area contributed by atoms with Crippen LogP contribution in [0.3, 0.4) is 0 Å². The molecule has 5 nitrogen and oxygen atoms in total. The smallest absolute Gasteiger partial charge is 0.305 e. The van der Waals surface area contributed by atoms with E-state index >= 15 is 0 Å². The average molecular weight is 402 g/mol. The molecular weight excluding hydrogens is 379 g/mol. The molecule has 4 aromatic rings. The van der Waals surface area contributed by atoms with Crippen LogP contribution in [0, 0.1) is 5.82 Å². The van der Waals surface area contributed by atoms with Crippen LogP contribution < -0.4 is 5.69 Å². The number of aromatic nitrogens is 3. The maximum atomic E-state index is 13.5. The summed E-state index contributed by atoms with van der Waals surface area (Å²) < 4.78 is 15.3. The Hall–Kier alpha value is -3.25. The molecule has 6 heteroatoms. The fraction of sp³-hybridized carbons (Fsp3) is 0.250. The van der Waals surface area contributed by atoms with Crippen molar-refractivity contribution in [3.05, 3.63) is 88.7 Å². The number of hydrogen-bond acceptors (Lipinski definition) is 3. The van der Waals surface area contributed by atoms with Gasteiger partial charge in [-0.3, -0.25) is 14.5 Å². The number of pyridine rings is 1. The van der Waals surface area contributed by atoms with E-state index in [9.17, 15) is 9.18 Å². The predicted molar refractivity (Wildman–Crippen MR) is 116 cm³/mol. The molecule has 1 N–H and O–H groups in total. The second-order valence-corrected chi connectivity index (χ2v) is 7.88. The first-order valence-corrected chi connectivity index (χ1v) is 10.3. The molecule has 0 spiro atoms. The number of halogens is 1. The molecular formula is C24H23FN4O. The van der Waals surface area contributed by atoms with E-state index in [0.29, 0.717) is 5.52 Å². The molecule has 30 heavy (non-hydrogen) atoms. The van der Waals surface area contributed by atoms with Crippen molar-refractivity contribution in [2.75, 3.05) is 13.1 Å². The molecule has 2 aromatic heterocycles. The number of nitrogens with one attached hydrogen (secondary N) is 1. The lowest BCUT2D eigenvalue weighted by Crippen LogP contribution is -2.36. The van der Waals surface area contributed by atoms with Crippen molar-refractivity contribution in [2.24, 2.45) is 0 Å². The minimum absolute atomic E-state index is 0.130. The molecule has 0 unspecified atom stereocenters. The van der Waals surface area contributed by atoms with Gasteiger partial charge in [-0.05, 0) is 48.7 Å². The van der Waals surface area contributed by atoms with Crippen molar-refractivity contribution >= 4 is 11.0 Å². The third-order valence-corrected chi connectivity index (χ3v) is 5.90. The van der Waals surface area contributed by atoms with Gasteiger partial charge in [0.15, 0.2) is 0 Å². The highest BCUT2D eigenvalue weighted by molar-refractivity contribution is 5.75. The Morgan fingerprint density at radius 2 is 1.83 bits per heavy atom. The van der Waals surface area contributed by atoms with E-state index in [1.54, 1.807) is 10.6 Å². The van der Waals surface area contributed by atoms with Crippen LogP contribution in [-0.2, 0) is 6.54 Å². The van der Waals surface area contributed by atoms with Gasteiger partial charge in [0, 0.05) is 37.4 Å². The SMILES string of the molecule is O=c1[nH]c2cc(F)ccc2n1C1CCN(Cc2ccnc(-c3ccccc3)c2)CC1. The highest BCUT2D eigenvalue weighted by Crippen LogP contribution is 2.26. The number of fused-ring (bicyclic) bond motifs is 1. The van der Waals surface area contributed by atoms with Crippen LogP contribution in [-0.4, -0.2) is 32.5 Å². The van der Waals surface area contributed by atoms with Gasteiger partial charge in [-0.2, -0.15) is 0 Å². The van der Waals surface area contributed by atoms with Gasteiger partial charge in [-0.1, -0.05) is 30.3 Å². The van der Waals surface area contributed by atoms with Crippen LogP contribution in [0.5, 0.6) is 0 Å². The molecule has 1 fully saturated rings. The number of rotatable bonds is 4. The Morgan fingerprint density at radius 3 is 2.63 bits per heavy atom. The molecule has 5 rings (SSSR count). The average Bonchev–Trinajstić information content (AvgIpc) is 3.10. The van der Waals surface area contributed by atoms with Gasteiger partial charge < -0.3 is 4.98 Å². The summed E-state index contributed by atoms with van der Waals surface area (Å²) in [5.74, 6) is -0.335. The Balaban J connectivity index is 1.28. The number of piperidine rings is 1. The first kappa shape index (κ1) is 18.8. The van der Waals surface area contributed by atoms with Crippen molar-refractivity contribution in [3.63, 3.8) is 0 Å². The van der Waals surface area contributed by atoms with Gasteiger partial charge in [0.1, 0.15) is 5.82 Å². The Labute approximate surface area is 173 Å². The zero-order chi connectivity index (χ0) is 20.5. The molecule has 3 heterocycles. The summed E-state index contributed by atoms with van der Waals surface area (Å²) in [4.78, 5) is 22.2. The standard InChI is InChI=1S/C24H23FN4O/c25-19-6-7-23-22(15-19)27-24(30)29(23)20-9-12-28(13-10-20)16-17-8-11-26-21(14-17)18-4-2-1-3-5-18/h1-8,11,14-15,20H,9-10,12-13,16H2,(H,27,30). The van der Waals surface area contributed by atoms with Crippen molar-refractivity contribution < 1.29 is 4.39 Å². The quantitative estimate of drug-likeness (QED) is 0.552. The van der Waals surface area contributed by atoms with E-state index in [2.05, 4.69) is 39.1 Å². The summed E-state index contributed by atoms with van der Waals surface area (Å²) in [6, 6.07) is 19.0. The van der Waals surface area contributed by atoms with Gasteiger partial charge in [-0.15, -0.1) is 0 Å². The molecule has 0 amide bonds. The largest absolute Gasteiger partial charge is 0.326 e. The van der Waals surface area contributed by atoms with Crippen molar-refractivity contribution in [2.45, 2.75) is 25.4 Å². The summed E-state index contributed by atoms with van der Waals surface area (Å²) in [6.45, 7) is 2.69. The van der Waals surface area contributed by atoms with E-state index < -0.39 is 0 Å². The number of H-pyrrole nitrogens is 1. The fourth-order valence-corrected chi connectivity index (χ4v) is 4.40. The van der Waals surface area contributed by atoms with Gasteiger partial charge in [-0.25, -0.2) is 9.18 Å². The Bertz CT molecular complexity index is 1220. The van der Waals surface area contributed by atoms with Gasteiger partial charge in [0.25, 0.3) is 0 Å².